The summed E-state index contributed by atoms with van der Waals surface area (Å²) in [5, 5.41) is 1.74. The maximum atomic E-state index is 10.7. The van der Waals surface area contributed by atoms with E-state index in [1.807, 2.05) is 18.2 Å². The molecule has 1 aromatic carbocycles. The van der Waals surface area contributed by atoms with Crippen LogP contribution >= 0.6 is 11.8 Å². The Balaban J connectivity index is 1.66. The molecule has 0 spiro atoms. The summed E-state index contributed by atoms with van der Waals surface area (Å²) in [5.74, 6) is 0. The van der Waals surface area contributed by atoms with Crippen molar-refractivity contribution in [1.29, 1.82) is 0 Å². The molecule has 3 aliphatic rings. The Morgan fingerprint density at radius 3 is 2.81 bits per heavy atom. The number of aldehydes is 1. The molecule has 0 aliphatic carbocycles. The van der Waals surface area contributed by atoms with Crippen molar-refractivity contribution in [3.63, 3.8) is 0 Å². The summed E-state index contributed by atoms with van der Waals surface area (Å²) < 4.78 is 0. The zero-order valence-electron chi connectivity index (χ0n) is 9.13. The van der Waals surface area contributed by atoms with Crippen LogP contribution in [0.15, 0.2) is 24.3 Å². The highest BCUT2D eigenvalue weighted by Gasteiger charge is 2.37. The summed E-state index contributed by atoms with van der Waals surface area (Å²) in [6, 6.07) is 7.94. The van der Waals surface area contributed by atoms with Gasteiger partial charge in [-0.25, -0.2) is 0 Å². The molecule has 3 heterocycles. The number of nitrogens with zero attached hydrogens (tertiary/aromatic N) is 1. The van der Waals surface area contributed by atoms with Gasteiger partial charge in [0.05, 0.1) is 0 Å². The average molecular weight is 233 g/mol. The lowest BCUT2D eigenvalue weighted by molar-refractivity contribution is 0.112. The van der Waals surface area contributed by atoms with E-state index in [-0.39, 0.29) is 0 Å². The van der Waals surface area contributed by atoms with E-state index >= 15 is 0 Å². The van der Waals surface area contributed by atoms with Crippen molar-refractivity contribution >= 4 is 18.0 Å². The SMILES string of the molecule is O=Cc1cccc(CN2CC3CC(C2)S3)c1. The van der Waals surface area contributed by atoms with Gasteiger partial charge in [-0.15, -0.1) is 0 Å². The summed E-state index contributed by atoms with van der Waals surface area (Å²) in [6.07, 6.45) is 2.34. The van der Waals surface area contributed by atoms with Gasteiger partial charge in [0.25, 0.3) is 0 Å². The molecule has 3 saturated heterocycles. The summed E-state index contributed by atoms with van der Waals surface area (Å²) in [6.45, 7) is 3.42. The highest BCUT2D eigenvalue weighted by molar-refractivity contribution is 8.02. The zero-order chi connectivity index (χ0) is 11.0. The third-order valence-corrected chi connectivity index (χ3v) is 4.78. The standard InChI is InChI=1S/C13H15NOS/c15-9-11-3-1-2-10(4-11)6-14-7-12-5-13(8-14)16-12/h1-4,9,12-13H,5-8H2. The van der Waals surface area contributed by atoms with Crippen molar-refractivity contribution in [3.05, 3.63) is 35.4 Å². The Morgan fingerprint density at radius 1 is 1.38 bits per heavy atom. The second-order valence-corrected chi connectivity index (χ2v) is 6.28. The van der Waals surface area contributed by atoms with Gasteiger partial charge in [-0.05, 0) is 18.1 Å². The molecule has 1 aromatic rings. The number of hydrogen-bond donors (Lipinski definition) is 0. The van der Waals surface area contributed by atoms with Crippen molar-refractivity contribution in [3.8, 4) is 0 Å². The number of rotatable bonds is 3. The van der Waals surface area contributed by atoms with Gasteiger partial charge in [-0.2, -0.15) is 11.8 Å². The first kappa shape index (κ1) is 10.4. The van der Waals surface area contributed by atoms with Crippen LogP contribution < -0.4 is 0 Å². The minimum atomic E-state index is 0.786. The Hall–Kier alpha value is -0.800. The van der Waals surface area contributed by atoms with Gasteiger partial charge in [0.15, 0.2) is 0 Å². The molecule has 16 heavy (non-hydrogen) atoms. The minimum absolute atomic E-state index is 0.786. The van der Waals surface area contributed by atoms with Crippen LogP contribution in [0.1, 0.15) is 22.3 Å². The van der Waals surface area contributed by atoms with Crippen molar-refractivity contribution in [2.45, 2.75) is 23.5 Å². The number of benzene rings is 1. The highest BCUT2D eigenvalue weighted by Crippen LogP contribution is 2.41. The lowest BCUT2D eigenvalue weighted by Gasteiger charge is -2.46. The predicted octanol–water partition coefficient (Wildman–Crippen LogP) is 2.19. The smallest absolute Gasteiger partial charge is 0.150 e. The fraction of sp³-hybridized carbons (Fsp3) is 0.462. The van der Waals surface area contributed by atoms with Crippen LogP contribution in [0, 0.1) is 0 Å². The molecule has 0 aromatic heterocycles. The lowest BCUT2D eigenvalue weighted by atomic mass is 10.1. The fourth-order valence-electron chi connectivity index (χ4n) is 2.59. The third kappa shape index (κ3) is 2.02. The first-order valence-corrected chi connectivity index (χ1v) is 6.70. The Kier molecular flexibility index (Phi) is 2.74. The van der Waals surface area contributed by atoms with E-state index in [1.165, 1.54) is 25.1 Å². The normalized spacial score (nSPS) is 28.5. The van der Waals surface area contributed by atoms with E-state index in [2.05, 4.69) is 22.7 Å². The van der Waals surface area contributed by atoms with Gasteiger partial charge in [-0.1, -0.05) is 18.2 Å². The molecule has 0 N–H and O–H groups in total. The molecule has 2 atom stereocenters. The average Bonchev–Trinajstić information content (AvgIpc) is 2.28. The van der Waals surface area contributed by atoms with Crippen LogP contribution in [0.5, 0.6) is 0 Å². The van der Waals surface area contributed by atoms with Gasteiger partial charge in [0, 0.05) is 35.7 Å². The van der Waals surface area contributed by atoms with Crippen molar-refractivity contribution in [2.75, 3.05) is 13.1 Å². The van der Waals surface area contributed by atoms with Crippen molar-refractivity contribution in [1.82, 2.24) is 4.90 Å². The highest BCUT2D eigenvalue weighted by atomic mass is 32.2. The molecular formula is C13H15NOS. The van der Waals surface area contributed by atoms with Gasteiger partial charge < -0.3 is 0 Å². The van der Waals surface area contributed by atoms with Crippen LogP contribution in [-0.4, -0.2) is 34.8 Å². The number of thioether (sulfide) groups is 1. The monoisotopic (exact) mass is 233 g/mol. The Morgan fingerprint density at radius 2 is 2.12 bits per heavy atom. The summed E-state index contributed by atoms with van der Waals surface area (Å²) in [5.41, 5.74) is 2.05. The number of fused-ring (bicyclic) bond motifs is 2. The molecule has 2 bridgehead atoms. The van der Waals surface area contributed by atoms with Crippen molar-refractivity contribution < 1.29 is 4.79 Å². The van der Waals surface area contributed by atoms with Crippen LogP contribution in [0.3, 0.4) is 0 Å². The first-order chi connectivity index (χ1) is 7.83. The van der Waals surface area contributed by atoms with Gasteiger partial charge in [0.1, 0.15) is 6.29 Å². The van der Waals surface area contributed by atoms with Gasteiger partial charge in [0.2, 0.25) is 0 Å². The molecule has 3 aliphatic heterocycles. The molecule has 0 saturated carbocycles. The summed E-state index contributed by atoms with van der Waals surface area (Å²) >= 11 is 2.14. The van der Waals surface area contributed by atoms with Gasteiger partial charge in [-0.3, -0.25) is 9.69 Å². The van der Waals surface area contributed by atoms with Crippen molar-refractivity contribution in [2.24, 2.45) is 0 Å². The molecule has 2 nitrogen and oxygen atoms in total. The maximum Gasteiger partial charge on any atom is 0.150 e. The topological polar surface area (TPSA) is 20.3 Å². The maximum absolute atomic E-state index is 10.7. The largest absolute Gasteiger partial charge is 0.298 e. The molecule has 0 amide bonds. The van der Waals surface area contributed by atoms with E-state index in [0.717, 1.165) is 28.9 Å². The minimum Gasteiger partial charge on any atom is -0.298 e. The molecule has 3 heteroatoms. The predicted molar refractivity (Wildman–Crippen MR) is 66.9 cm³/mol. The van der Waals surface area contributed by atoms with Gasteiger partial charge >= 0.3 is 0 Å². The van der Waals surface area contributed by atoms with Crippen LogP contribution in [0.25, 0.3) is 0 Å². The Bertz CT molecular complexity index is 391. The first-order valence-electron chi connectivity index (χ1n) is 5.75. The number of piperidine rings is 1. The fourth-order valence-corrected chi connectivity index (χ4v) is 4.06. The van der Waals surface area contributed by atoms with E-state index in [9.17, 15) is 4.79 Å². The Labute approximate surface area is 100 Å². The third-order valence-electron chi connectivity index (χ3n) is 3.33. The summed E-state index contributed by atoms with van der Waals surface area (Å²) in [4.78, 5) is 13.2. The van der Waals surface area contributed by atoms with Crippen LogP contribution in [-0.2, 0) is 6.54 Å². The number of carbonyl (C=O) groups excluding carboxylic acids is 1. The quantitative estimate of drug-likeness (QED) is 0.746. The zero-order valence-corrected chi connectivity index (χ0v) is 9.95. The molecule has 0 radical (unpaired) electrons. The lowest BCUT2D eigenvalue weighted by Crippen LogP contribution is -2.50. The number of carbonyl (C=O) groups is 1. The van der Waals surface area contributed by atoms with Crippen LogP contribution in [0.4, 0.5) is 0 Å². The second-order valence-electron chi connectivity index (χ2n) is 4.67. The molecule has 4 rings (SSSR count). The van der Waals surface area contributed by atoms with E-state index in [4.69, 9.17) is 0 Å². The molecular weight excluding hydrogens is 218 g/mol. The second kappa shape index (κ2) is 4.22. The van der Waals surface area contributed by atoms with E-state index in [1.54, 1.807) is 0 Å². The summed E-state index contributed by atoms with van der Waals surface area (Å²) in [7, 11) is 0. The number of hydrogen-bond acceptors (Lipinski definition) is 3. The van der Waals surface area contributed by atoms with E-state index in [0.29, 0.717) is 0 Å². The van der Waals surface area contributed by atoms with Crippen LogP contribution in [0.2, 0.25) is 0 Å². The molecule has 2 unspecified atom stereocenters. The molecule has 3 fully saturated rings. The van der Waals surface area contributed by atoms with E-state index < -0.39 is 0 Å². The molecule has 84 valence electrons.